The van der Waals surface area contributed by atoms with Crippen molar-refractivity contribution in [3.63, 3.8) is 0 Å². The second-order valence-electron chi connectivity index (χ2n) is 7.31. The van der Waals surface area contributed by atoms with Gasteiger partial charge in [0.2, 0.25) is 0 Å². The molecule has 0 aliphatic carbocycles. The Hall–Kier alpha value is -1.76. The molecular formula is C24H35N. The molecule has 0 saturated carbocycles. The molecule has 0 aliphatic rings. The smallest absolute Gasteiger partial charge is 0.0314 e. The maximum absolute atomic E-state index is 5.74. The standard InChI is InChI=1S/C24H35N/c1-2-3-4-5-6-7-8-9-10-11-21-12-14-22(15-13-21)20-23-16-18-24(25)19-17-23/h12-19H,2-11,20,25H2,1H3. The molecule has 0 atom stereocenters. The second kappa shape index (κ2) is 11.7. The number of aryl methyl sites for hydroxylation is 1. The van der Waals surface area contributed by atoms with Gasteiger partial charge < -0.3 is 5.73 Å². The first-order valence-corrected chi connectivity index (χ1v) is 10.2. The lowest BCUT2D eigenvalue weighted by atomic mass is 10.0. The van der Waals surface area contributed by atoms with Crippen LogP contribution in [0.2, 0.25) is 0 Å². The number of hydrogen-bond acceptors (Lipinski definition) is 1. The molecule has 0 aromatic heterocycles. The zero-order chi connectivity index (χ0) is 17.7. The topological polar surface area (TPSA) is 26.0 Å². The van der Waals surface area contributed by atoms with E-state index in [2.05, 4.69) is 43.3 Å². The highest BCUT2D eigenvalue weighted by Crippen LogP contribution is 2.15. The zero-order valence-electron chi connectivity index (χ0n) is 16.0. The van der Waals surface area contributed by atoms with E-state index in [1.54, 1.807) is 0 Å². The summed E-state index contributed by atoms with van der Waals surface area (Å²) in [6.07, 6.45) is 14.8. The van der Waals surface area contributed by atoms with Crippen molar-refractivity contribution in [2.75, 3.05) is 5.73 Å². The van der Waals surface area contributed by atoms with Gasteiger partial charge in [0.1, 0.15) is 0 Å². The lowest BCUT2D eigenvalue weighted by Gasteiger charge is -2.06. The highest BCUT2D eigenvalue weighted by Gasteiger charge is 1.99. The number of benzene rings is 2. The van der Waals surface area contributed by atoms with Crippen LogP contribution < -0.4 is 5.73 Å². The number of unbranched alkanes of at least 4 members (excludes halogenated alkanes) is 8. The molecule has 136 valence electrons. The van der Waals surface area contributed by atoms with Gasteiger partial charge in [-0.25, -0.2) is 0 Å². The van der Waals surface area contributed by atoms with Gasteiger partial charge in [-0.15, -0.1) is 0 Å². The minimum Gasteiger partial charge on any atom is -0.399 e. The summed E-state index contributed by atoms with van der Waals surface area (Å²) in [7, 11) is 0. The molecular weight excluding hydrogens is 302 g/mol. The van der Waals surface area contributed by atoms with E-state index in [1.165, 1.54) is 80.9 Å². The van der Waals surface area contributed by atoms with E-state index < -0.39 is 0 Å². The monoisotopic (exact) mass is 337 g/mol. The summed E-state index contributed by atoms with van der Waals surface area (Å²) in [6.45, 7) is 2.28. The Morgan fingerprint density at radius 3 is 1.56 bits per heavy atom. The first kappa shape index (κ1) is 19.6. The molecule has 0 heterocycles. The molecule has 0 amide bonds. The maximum atomic E-state index is 5.74. The quantitative estimate of drug-likeness (QED) is 0.330. The van der Waals surface area contributed by atoms with E-state index in [4.69, 9.17) is 5.73 Å². The molecule has 2 aromatic carbocycles. The van der Waals surface area contributed by atoms with Gasteiger partial charge in [-0.3, -0.25) is 0 Å². The van der Waals surface area contributed by atoms with Crippen LogP contribution in [-0.2, 0) is 12.8 Å². The highest BCUT2D eigenvalue weighted by molar-refractivity contribution is 5.40. The third-order valence-electron chi connectivity index (χ3n) is 4.98. The summed E-state index contributed by atoms with van der Waals surface area (Å²) in [5.74, 6) is 0. The van der Waals surface area contributed by atoms with Gasteiger partial charge in [-0.2, -0.15) is 0 Å². The third kappa shape index (κ3) is 8.25. The summed E-state index contributed by atoms with van der Waals surface area (Å²) in [4.78, 5) is 0. The summed E-state index contributed by atoms with van der Waals surface area (Å²) >= 11 is 0. The Balaban J connectivity index is 1.59. The molecule has 1 nitrogen and oxygen atoms in total. The van der Waals surface area contributed by atoms with Gasteiger partial charge >= 0.3 is 0 Å². The van der Waals surface area contributed by atoms with Crippen LogP contribution in [0, 0.1) is 0 Å². The van der Waals surface area contributed by atoms with Gasteiger partial charge in [0.05, 0.1) is 0 Å². The van der Waals surface area contributed by atoms with Crippen molar-refractivity contribution in [3.8, 4) is 0 Å². The van der Waals surface area contributed by atoms with Crippen LogP contribution >= 0.6 is 0 Å². The lowest BCUT2D eigenvalue weighted by Crippen LogP contribution is -1.91. The SMILES string of the molecule is CCCCCCCCCCCc1ccc(Cc2ccc(N)cc2)cc1. The van der Waals surface area contributed by atoms with Gasteiger partial charge in [0, 0.05) is 5.69 Å². The molecule has 0 bridgehead atoms. The molecule has 0 unspecified atom stereocenters. The van der Waals surface area contributed by atoms with Crippen LogP contribution in [0.4, 0.5) is 5.69 Å². The Morgan fingerprint density at radius 1 is 0.560 bits per heavy atom. The molecule has 2 rings (SSSR count). The number of rotatable bonds is 12. The fraction of sp³-hybridized carbons (Fsp3) is 0.500. The fourth-order valence-electron chi connectivity index (χ4n) is 3.33. The second-order valence-corrected chi connectivity index (χ2v) is 7.31. The molecule has 0 spiro atoms. The predicted octanol–water partition coefficient (Wildman–Crippen LogP) is 6.93. The zero-order valence-corrected chi connectivity index (χ0v) is 16.0. The summed E-state index contributed by atoms with van der Waals surface area (Å²) in [5, 5.41) is 0. The van der Waals surface area contributed by atoms with E-state index >= 15 is 0 Å². The largest absolute Gasteiger partial charge is 0.399 e. The van der Waals surface area contributed by atoms with Gasteiger partial charge in [-0.05, 0) is 48.1 Å². The van der Waals surface area contributed by atoms with Crippen LogP contribution in [0.3, 0.4) is 0 Å². The van der Waals surface area contributed by atoms with Crippen LogP contribution in [-0.4, -0.2) is 0 Å². The van der Waals surface area contributed by atoms with E-state index in [0.29, 0.717) is 0 Å². The fourth-order valence-corrected chi connectivity index (χ4v) is 3.33. The average Bonchev–Trinajstić information content (AvgIpc) is 2.63. The summed E-state index contributed by atoms with van der Waals surface area (Å²) in [5.41, 5.74) is 10.7. The Morgan fingerprint density at radius 2 is 1.00 bits per heavy atom. The molecule has 0 saturated heterocycles. The minimum absolute atomic E-state index is 0.833. The average molecular weight is 338 g/mol. The van der Waals surface area contributed by atoms with Crippen molar-refractivity contribution >= 4 is 5.69 Å². The van der Waals surface area contributed by atoms with Gasteiger partial charge in [-0.1, -0.05) is 94.7 Å². The van der Waals surface area contributed by atoms with Crippen molar-refractivity contribution in [1.82, 2.24) is 0 Å². The van der Waals surface area contributed by atoms with E-state index in [1.807, 2.05) is 12.1 Å². The van der Waals surface area contributed by atoms with E-state index in [-0.39, 0.29) is 0 Å². The van der Waals surface area contributed by atoms with Crippen LogP contribution in [0.25, 0.3) is 0 Å². The number of nitrogens with two attached hydrogens (primary N) is 1. The van der Waals surface area contributed by atoms with Crippen LogP contribution in [0.1, 0.15) is 81.4 Å². The molecule has 0 aliphatic heterocycles. The maximum Gasteiger partial charge on any atom is 0.0314 e. The molecule has 1 heteroatoms. The van der Waals surface area contributed by atoms with Gasteiger partial charge in [0.15, 0.2) is 0 Å². The van der Waals surface area contributed by atoms with Crippen molar-refractivity contribution in [2.24, 2.45) is 0 Å². The number of anilines is 1. The van der Waals surface area contributed by atoms with Crippen molar-refractivity contribution in [3.05, 3.63) is 65.2 Å². The third-order valence-corrected chi connectivity index (χ3v) is 4.98. The van der Waals surface area contributed by atoms with Crippen LogP contribution in [0.5, 0.6) is 0 Å². The Labute approximate surface area is 154 Å². The first-order chi connectivity index (χ1) is 12.3. The van der Waals surface area contributed by atoms with Crippen LogP contribution in [0.15, 0.2) is 48.5 Å². The summed E-state index contributed by atoms with van der Waals surface area (Å²) in [6, 6.07) is 17.4. The predicted molar refractivity (Wildman–Crippen MR) is 111 cm³/mol. The summed E-state index contributed by atoms with van der Waals surface area (Å²) < 4.78 is 0. The minimum atomic E-state index is 0.833. The molecule has 2 aromatic rings. The molecule has 0 radical (unpaired) electrons. The number of nitrogen functional groups attached to an aromatic ring is 1. The lowest BCUT2D eigenvalue weighted by molar-refractivity contribution is 0.565. The Kier molecular flexibility index (Phi) is 9.18. The molecule has 2 N–H and O–H groups in total. The normalized spacial score (nSPS) is 10.9. The van der Waals surface area contributed by atoms with E-state index in [0.717, 1.165) is 12.1 Å². The number of hydrogen-bond donors (Lipinski definition) is 1. The van der Waals surface area contributed by atoms with Crippen molar-refractivity contribution in [2.45, 2.75) is 77.6 Å². The Bertz CT molecular complexity index is 568. The first-order valence-electron chi connectivity index (χ1n) is 10.2. The van der Waals surface area contributed by atoms with Gasteiger partial charge in [0.25, 0.3) is 0 Å². The van der Waals surface area contributed by atoms with Crippen molar-refractivity contribution in [1.29, 1.82) is 0 Å². The molecule has 0 fully saturated rings. The molecule has 25 heavy (non-hydrogen) atoms. The van der Waals surface area contributed by atoms with E-state index in [9.17, 15) is 0 Å². The highest BCUT2D eigenvalue weighted by atomic mass is 14.5. The van der Waals surface area contributed by atoms with Crippen molar-refractivity contribution < 1.29 is 0 Å².